The maximum absolute atomic E-state index is 14.8. The van der Waals surface area contributed by atoms with Crippen LogP contribution in [0.4, 0.5) is 14.9 Å². The Morgan fingerprint density at radius 3 is 2.32 bits per heavy atom. The van der Waals surface area contributed by atoms with E-state index in [9.17, 15) is 28.4 Å². The predicted molar refractivity (Wildman–Crippen MR) is 160 cm³/mol. The van der Waals surface area contributed by atoms with Crippen molar-refractivity contribution in [1.82, 2.24) is 15.1 Å². The Hall–Kier alpha value is -5.06. The number of carbonyl (C=O) groups excluding carboxylic acids is 5. The zero-order valence-electron chi connectivity index (χ0n) is 24.4. The minimum Gasteiger partial charge on any atom is -0.484 e. The van der Waals surface area contributed by atoms with Crippen molar-refractivity contribution >= 4 is 35.2 Å². The Balaban J connectivity index is 1.35. The lowest BCUT2D eigenvalue weighted by Gasteiger charge is -2.30. The van der Waals surface area contributed by atoms with Crippen LogP contribution in [0.1, 0.15) is 60.1 Å². The lowest BCUT2D eigenvalue weighted by molar-refractivity contribution is -0.134. The molecule has 3 aromatic rings. The first-order valence-corrected chi connectivity index (χ1v) is 14.4. The maximum Gasteiger partial charge on any atom is 0.325 e. The Kier molecular flexibility index (Phi) is 9.03. The number of hydrogen-bond acceptors (Lipinski definition) is 6. The fourth-order valence-corrected chi connectivity index (χ4v) is 5.49. The molecule has 2 unspecified atom stereocenters. The summed E-state index contributed by atoms with van der Waals surface area (Å²) in [7, 11) is 0. The lowest BCUT2D eigenvalue weighted by Crippen LogP contribution is -2.50. The van der Waals surface area contributed by atoms with Crippen LogP contribution in [0.3, 0.4) is 0 Å². The van der Waals surface area contributed by atoms with Gasteiger partial charge in [0.05, 0.1) is 5.69 Å². The van der Waals surface area contributed by atoms with Gasteiger partial charge in [-0.05, 0) is 61.2 Å². The molecule has 5 amide bonds. The van der Waals surface area contributed by atoms with Gasteiger partial charge in [-0.3, -0.25) is 19.2 Å². The van der Waals surface area contributed by atoms with Crippen LogP contribution >= 0.6 is 0 Å². The number of carbonyl (C=O) groups is 5. The SMILES string of the molecule is CC(=O)c1ccc(NC(=O)C(C(C)c2ccccc2)N2C(=O)N[C@H](c3ccc(OCC(=O)N4CCCC4)cc3)C2=O)c(F)c1. The van der Waals surface area contributed by atoms with Gasteiger partial charge in [0.1, 0.15) is 23.7 Å². The molecule has 0 radical (unpaired) electrons. The van der Waals surface area contributed by atoms with Gasteiger partial charge in [0.2, 0.25) is 5.91 Å². The minimum absolute atomic E-state index is 0.0908. The van der Waals surface area contributed by atoms with Crippen LogP contribution in [-0.4, -0.2) is 65.1 Å². The van der Waals surface area contributed by atoms with E-state index in [1.165, 1.54) is 19.1 Å². The quantitative estimate of drug-likeness (QED) is 0.262. The number of urea groups is 1. The number of ether oxygens (including phenoxy) is 1. The van der Waals surface area contributed by atoms with Crippen LogP contribution in [0.5, 0.6) is 5.75 Å². The van der Waals surface area contributed by atoms with E-state index in [1.807, 2.05) is 0 Å². The van der Waals surface area contributed by atoms with Crippen molar-refractivity contribution in [2.75, 3.05) is 25.0 Å². The number of amides is 5. The molecular formula is C33H33FN4O6. The smallest absolute Gasteiger partial charge is 0.325 e. The normalized spacial score (nSPS) is 17.7. The van der Waals surface area contributed by atoms with Crippen molar-refractivity contribution in [2.45, 2.75) is 44.7 Å². The van der Waals surface area contributed by atoms with Crippen molar-refractivity contribution in [2.24, 2.45) is 0 Å². The molecule has 2 fully saturated rings. The first-order chi connectivity index (χ1) is 21.1. The number of imide groups is 1. The molecule has 44 heavy (non-hydrogen) atoms. The monoisotopic (exact) mass is 600 g/mol. The highest BCUT2D eigenvalue weighted by Crippen LogP contribution is 2.32. The zero-order chi connectivity index (χ0) is 31.4. The molecule has 3 aromatic carbocycles. The first kappa shape index (κ1) is 30.4. The van der Waals surface area contributed by atoms with Crippen LogP contribution in [-0.2, 0) is 14.4 Å². The summed E-state index contributed by atoms with van der Waals surface area (Å²) < 4.78 is 20.5. The Labute approximate surface area is 254 Å². The average molecular weight is 601 g/mol. The van der Waals surface area contributed by atoms with Crippen LogP contribution < -0.4 is 15.4 Å². The number of halogens is 1. The van der Waals surface area contributed by atoms with Gasteiger partial charge in [0.25, 0.3) is 11.8 Å². The first-order valence-electron chi connectivity index (χ1n) is 14.4. The summed E-state index contributed by atoms with van der Waals surface area (Å²) in [6.07, 6.45) is 1.96. The second-order valence-corrected chi connectivity index (χ2v) is 10.9. The van der Waals surface area contributed by atoms with E-state index in [0.717, 1.165) is 36.9 Å². The van der Waals surface area contributed by atoms with Gasteiger partial charge < -0.3 is 20.3 Å². The Bertz CT molecular complexity index is 1570. The third-order valence-corrected chi connectivity index (χ3v) is 7.98. The minimum atomic E-state index is -1.33. The van der Waals surface area contributed by atoms with Crippen molar-refractivity contribution in [3.05, 3.63) is 95.3 Å². The number of ketones is 1. The van der Waals surface area contributed by atoms with Gasteiger partial charge in [0.15, 0.2) is 12.4 Å². The molecule has 2 N–H and O–H groups in total. The van der Waals surface area contributed by atoms with E-state index < -0.39 is 41.7 Å². The molecular weight excluding hydrogens is 567 g/mol. The number of benzene rings is 3. The molecule has 2 heterocycles. The van der Waals surface area contributed by atoms with E-state index >= 15 is 0 Å². The molecule has 2 aliphatic heterocycles. The molecule has 0 spiro atoms. The van der Waals surface area contributed by atoms with E-state index in [-0.39, 0.29) is 29.5 Å². The second-order valence-electron chi connectivity index (χ2n) is 10.9. The number of anilines is 1. The van der Waals surface area contributed by atoms with Crippen LogP contribution in [0.2, 0.25) is 0 Å². The van der Waals surface area contributed by atoms with Crippen LogP contribution in [0.25, 0.3) is 0 Å². The number of nitrogens with zero attached hydrogens (tertiary/aromatic N) is 2. The Morgan fingerprint density at radius 1 is 1.00 bits per heavy atom. The number of hydrogen-bond donors (Lipinski definition) is 2. The lowest BCUT2D eigenvalue weighted by atomic mass is 9.91. The third-order valence-electron chi connectivity index (χ3n) is 7.98. The molecule has 3 atom stereocenters. The number of nitrogens with one attached hydrogen (secondary N) is 2. The van der Waals surface area contributed by atoms with Gasteiger partial charge in [-0.2, -0.15) is 0 Å². The summed E-state index contributed by atoms with van der Waals surface area (Å²) in [6, 6.07) is 15.8. The molecule has 2 saturated heterocycles. The van der Waals surface area contributed by atoms with E-state index in [1.54, 1.807) is 66.4 Å². The Morgan fingerprint density at radius 2 is 1.68 bits per heavy atom. The molecule has 0 bridgehead atoms. The molecule has 2 aliphatic rings. The third kappa shape index (κ3) is 6.46. The van der Waals surface area contributed by atoms with Crippen molar-refractivity contribution in [3.8, 4) is 5.75 Å². The summed E-state index contributed by atoms with van der Waals surface area (Å²) in [5.74, 6) is -2.90. The van der Waals surface area contributed by atoms with Gasteiger partial charge in [0, 0.05) is 24.6 Å². The van der Waals surface area contributed by atoms with Gasteiger partial charge >= 0.3 is 6.03 Å². The summed E-state index contributed by atoms with van der Waals surface area (Å²) in [6.45, 7) is 4.36. The highest BCUT2D eigenvalue weighted by molar-refractivity contribution is 6.10. The number of rotatable bonds is 10. The molecule has 0 aromatic heterocycles. The van der Waals surface area contributed by atoms with Gasteiger partial charge in [-0.15, -0.1) is 0 Å². The fourth-order valence-electron chi connectivity index (χ4n) is 5.49. The van der Waals surface area contributed by atoms with Crippen molar-refractivity contribution < 1.29 is 33.1 Å². The largest absolute Gasteiger partial charge is 0.484 e. The average Bonchev–Trinajstić information content (AvgIpc) is 3.66. The summed E-state index contributed by atoms with van der Waals surface area (Å²) in [5.41, 5.74) is 1.10. The topological polar surface area (TPSA) is 125 Å². The molecule has 0 aliphatic carbocycles. The molecule has 228 valence electrons. The highest BCUT2D eigenvalue weighted by atomic mass is 19.1. The standard InChI is InChI=1S/C33H33FN4O6/c1-20(22-8-4-3-5-9-22)30(31(41)35-27-15-12-24(21(2)39)18-26(27)34)38-32(42)29(36-33(38)43)23-10-13-25(14-11-23)44-19-28(40)37-16-6-7-17-37/h3-5,8-15,18,20,29-30H,6-7,16-17,19H2,1-2H3,(H,35,41)(H,36,43)/t20?,29-,30?/m1/s1. The highest BCUT2D eigenvalue weighted by Gasteiger charge is 2.47. The van der Waals surface area contributed by atoms with Gasteiger partial charge in [-0.25, -0.2) is 14.1 Å². The van der Waals surface area contributed by atoms with E-state index in [0.29, 0.717) is 16.9 Å². The summed E-state index contributed by atoms with van der Waals surface area (Å²) >= 11 is 0. The van der Waals surface area contributed by atoms with E-state index in [4.69, 9.17) is 4.74 Å². The van der Waals surface area contributed by atoms with Gasteiger partial charge in [-0.1, -0.05) is 49.4 Å². The maximum atomic E-state index is 14.8. The van der Waals surface area contributed by atoms with Crippen LogP contribution in [0, 0.1) is 5.82 Å². The zero-order valence-corrected chi connectivity index (χ0v) is 24.4. The molecule has 5 rings (SSSR count). The van der Waals surface area contributed by atoms with Crippen molar-refractivity contribution in [1.29, 1.82) is 0 Å². The molecule has 10 nitrogen and oxygen atoms in total. The number of likely N-dealkylation sites (tertiary alicyclic amines) is 1. The predicted octanol–water partition coefficient (Wildman–Crippen LogP) is 4.43. The van der Waals surface area contributed by atoms with Crippen molar-refractivity contribution in [3.63, 3.8) is 0 Å². The van der Waals surface area contributed by atoms with Crippen LogP contribution in [0.15, 0.2) is 72.8 Å². The fraction of sp³-hybridized carbons (Fsp3) is 0.303. The number of Topliss-reactive ketones (excluding diaryl/α,β-unsaturated/α-hetero) is 1. The molecule has 11 heteroatoms. The second kappa shape index (κ2) is 13.1. The van der Waals surface area contributed by atoms with E-state index in [2.05, 4.69) is 10.6 Å². The summed E-state index contributed by atoms with van der Waals surface area (Å²) in [4.78, 5) is 67.3. The molecule has 0 saturated carbocycles. The summed E-state index contributed by atoms with van der Waals surface area (Å²) in [5, 5.41) is 5.16.